The molecule has 18 heavy (non-hydrogen) atoms. The van der Waals surface area contributed by atoms with E-state index in [4.69, 9.17) is 0 Å². The van der Waals surface area contributed by atoms with Crippen LogP contribution in [0.1, 0.15) is 5.56 Å². The van der Waals surface area contributed by atoms with Gasteiger partial charge in [-0.25, -0.2) is 14.2 Å². The van der Waals surface area contributed by atoms with E-state index >= 15 is 0 Å². The molecule has 0 unspecified atom stereocenters. The second-order valence-electron chi connectivity index (χ2n) is 3.78. The van der Waals surface area contributed by atoms with Crippen molar-refractivity contribution in [2.24, 2.45) is 0 Å². The third-order valence-corrected chi connectivity index (χ3v) is 2.30. The molecule has 0 spiro atoms. The number of halogens is 1. The second-order valence-corrected chi connectivity index (χ2v) is 3.78. The van der Waals surface area contributed by atoms with E-state index in [0.29, 0.717) is 5.69 Å². The normalized spacial score (nSPS) is 9.89. The first-order valence-electron chi connectivity index (χ1n) is 5.40. The van der Waals surface area contributed by atoms with Gasteiger partial charge in [0.2, 0.25) is 0 Å². The van der Waals surface area contributed by atoms with Crippen LogP contribution in [0.2, 0.25) is 0 Å². The van der Waals surface area contributed by atoms with E-state index in [-0.39, 0.29) is 5.82 Å². The highest BCUT2D eigenvalue weighted by molar-refractivity contribution is 5.99. The molecule has 0 aliphatic heterocycles. The summed E-state index contributed by atoms with van der Waals surface area (Å²) in [5, 5.41) is 4.93. The van der Waals surface area contributed by atoms with Crippen LogP contribution in [0.3, 0.4) is 0 Å². The first-order chi connectivity index (χ1) is 8.65. The standard InChI is InChI=1S/C13H12FN3O/c1-9-4-6-10(7-5-9)16-13(18)17-12-11(14)3-2-8-15-12/h2-8H,1H3,(H2,15,16,17,18). The largest absolute Gasteiger partial charge is 0.324 e. The molecule has 2 amide bonds. The molecule has 4 nitrogen and oxygen atoms in total. The minimum atomic E-state index is -0.573. The van der Waals surface area contributed by atoms with Gasteiger partial charge < -0.3 is 5.32 Å². The van der Waals surface area contributed by atoms with Gasteiger partial charge in [0, 0.05) is 11.9 Å². The quantitative estimate of drug-likeness (QED) is 0.853. The number of hydrogen-bond donors (Lipinski definition) is 2. The Balaban J connectivity index is 2.01. The molecule has 1 aromatic carbocycles. The summed E-state index contributed by atoms with van der Waals surface area (Å²) in [6.45, 7) is 1.95. The first kappa shape index (κ1) is 12.0. The Morgan fingerprint density at radius 2 is 1.89 bits per heavy atom. The molecule has 0 aliphatic rings. The highest BCUT2D eigenvalue weighted by Gasteiger charge is 2.07. The molecule has 2 aromatic rings. The fraction of sp³-hybridized carbons (Fsp3) is 0.0769. The van der Waals surface area contributed by atoms with Gasteiger partial charge in [0.25, 0.3) is 0 Å². The monoisotopic (exact) mass is 245 g/mol. The Morgan fingerprint density at radius 1 is 1.17 bits per heavy atom. The number of amides is 2. The summed E-state index contributed by atoms with van der Waals surface area (Å²) in [6, 6.07) is 9.44. The minimum absolute atomic E-state index is 0.0953. The fourth-order valence-electron chi connectivity index (χ4n) is 1.38. The maximum atomic E-state index is 13.2. The molecule has 0 saturated carbocycles. The van der Waals surface area contributed by atoms with Gasteiger partial charge in [-0.3, -0.25) is 5.32 Å². The van der Waals surface area contributed by atoms with Crippen molar-refractivity contribution >= 4 is 17.5 Å². The summed E-state index contributed by atoms with van der Waals surface area (Å²) in [5.41, 5.74) is 1.73. The predicted molar refractivity (Wildman–Crippen MR) is 68.0 cm³/mol. The van der Waals surface area contributed by atoms with E-state index in [1.165, 1.54) is 18.3 Å². The van der Waals surface area contributed by atoms with Gasteiger partial charge in [-0.2, -0.15) is 0 Å². The lowest BCUT2D eigenvalue weighted by Gasteiger charge is -2.07. The molecule has 0 fully saturated rings. The third-order valence-electron chi connectivity index (χ3n) is 2.30. The van der Waals surface area contributed by atoms with Crippen molar-refractivity contribution in [2.45, 2.75) is 6.92 Å². The molecule has 1 aromatic heterocycles. The van der Waals surface area contributed by atoms with Gasteiger partial charge in [0.1, 0.15) is 0 Å². The number of anilines is 2. The molecule has 0 atom stereocenters. The molecule has 5 heteroatoms. The lowest BCUT2D eigenvalue weighted by molar-refractivity contribution is 0.262. The molecule has 0 radical (unpaired) electrons. The van der Waals surface area contributed by atoms with Gasteiger partial charge >= 0.3 is 6.03 Å². The zero-order chi connectivity index (χ0) is 13.0. The van der Waals surface area contributed by atoms with Gasteiger partial charge in [0.15, 0.2) is 11.6 Å². The van der Waals surface area contributed by atoms with Crippen LogP contribution in [0.4, 0.5) is 20.7 Å². The van der Waals surface area contributed by atoms with Crippen LogP contribution < -0.4 is 10.6 Å². The number of rotatable bonds is 2. The van der Waals surface area contributed by atoms with E-state index in [1.54, 1.807) is 12.1 Å². The summed E-state index contributed by atoms with van der Waals surface area (Å²) in [7, 11) is 0. The Morgan fingerprint density at radius 3 is 2.56 bits per heavy atom. The predicted octanol–water partition coefficient (Wildman–Crippen LogP) is 3.17. The number of aromatic nitrogens is 1. The zero-order valence-corrected chi connectivity index (χ0v) is 9.77. The number of hydrogen-bond acceptors (Lipinski definition) is 2. The van der Waals surface area contributed by atoms with Crippen LogP contribution in [0.25, 0.3) is 0 Å². The van der Waals surface area contributed by atoms with Gasteiger partial charge in [-0.05, 0) is 31.2 Å². The maximum Gasteiger partial charge on any atom is 0.324 e. The Hall–Kier alpha value is -2.43. The number of pyridine rings is 1. The third kappa shape index (κ3) is 3.04. The summed E-state index contributed by atoms with van der Waals surface area (Å²) < 4.78 is 13.2. The van der Waals surface area contributed by atoms with Crippen LogP contribution >= 0.6 is 0 Å². The van der Waals surface area contributed by atoms with Crippen molar-refractivity contribution in [1.82, 2.24) is 4.98 Å². The van der Waals surface area contributed by atoms with E-state index < -0.39 is 11.8 Å². The highest BCUT2D eigenvalue weighted by atomic mass is 19.1. The van der Waals surface area contributed by atoms with E-state index in [9.17, 15) is 9.18 Å². The maximum absolute atomic E-state index is 13.2. The van der Waals surface area contributed by atoms with Gasteiger partial charge in [-0.15, -0.1) is 0 Å². The molecule has 1 heterocycles. The SMILES string of the molecule is Cc1ccc(NC(=O)Nc2ncccc2F)cc1. The van der Waals surface area contributed by atoms with Crippen LogP contribution in [0.15, 0.2) is 42.6 Å². The van der Waals surface area contributed by atoms with Crippen molar-refractivity contribution < 1.29 is 9.18 Å². The fourth-order valence-corrected chi connectivity index (χ4v) is 1.38. The lowest BCUT2D eigenvalue weighted by Crippen LogP contribution is -2.20. The van der Waals surface area contributed by atoms with Crippen molar-refractivity contribution in [2.75, 3.05) is 10.6 Å². The molecule has 2 N–H and O–H groups in total. The highest BCUT2D eigenvalue weighted by Crippen LogP contribution is 2.11. The smallest absolute Gasteiger partial charge is 0.308 e. The summed E-state index contributed by atoms with van der Waals surface area (Å²) in [5.74, 6) is -0.668. The molecule has 0 bridgehead atoms. The van der Waals surface area contributed by atoms with E-state index in [0.717, 1.165) is 5.56 Å². The second kappa shape index (κ2) is 5.27. The Labute approximate surface area is 104 Å². The average molecular weight is 245 g/mol. The number of carbonyl (C=O) groups is 1. The van der Waals surface area contributed by atoms with Crippen molar-refractivity contribution in [3.8, 4) is 0 Å². The molecule has 0 saturated heterocycles. The van der Waals surface area contributed by atoms with Crippen LogP contribution in [0.5, 0.6) is 0 Å². The average Bonchev–Trinajstić information content (AvgIpc) is 2.35. The lowest BCUT2D eigenvalue weighted by atomic mass is 10.2. The number of carbonyl (C=O) groups excluding carboxylic acids is 1. The molecule has 92 valence electrons. The minimum Gasteiger partial charge on any atom is -0.308 e. The molecular formula is C13H12FN3O. The number of urea groups is 1. The van der Waals surface area contributed by atoms with Crippen molar-refractivity contribution in [3.05, 3.63) is 54.0 Å². The molecule has 0 aliphatic carbocycles. The number of nitrogens with zero attached hydrogens (tertiary/aromatic N) is 1. The van der Waals surface area contributed by atoms with Crippen molar-refractivity contribution in [3.63, 3.8) is 0 Å². The van der Waals surface area contributed by atoms with Crippen molar-refractivity contribution in [1.29, 1.82) is 0 Å². The van der Waals surface area contributed by atoms with E-state index in [2.05, 4.69) is 15.6 Å². The Kier molecular flexibility index (Phi) is 3.52. The molecular weight excluding hydrogens is 233 g/mol. The van der Waals surface area contributed by atoms with Gasteiger partial charge in [0.05, 0.1) is 0 Å². The summed E-state index contributed by atoms with van der Waals surface area (Å²) >= 11 is 0. The van der Waals surface area contributed by atoms with E-state index in [1.807, 2.05) is 19.1 Å². The zero-order valence-electron chi connectivity index (χ0n) is 9.77. The first-order valence-corrected chi connectivity index (χ1v) is 5.40. The van der Waals surface area contributed by atoms with Crippen LogP contribution in [-0.4, -0.2) is 11.0 Å². The molecule has 2 rings (SSSR count). The van der Waals surface area contributed by atoms with Gasteiger partial charge in [-0.1, -0.05) is 17.7 Å². The summed E-state index contributed by atoms with van der Waals surface area (Å²) in [4.78, 5) is 15.3. The van der Waals surface area contributed by atoms with Crippen LogP contribution in [0, 0.1) is 12.7 Å². The topological polar surface area (TPSA) is 54.0 Å². The number of nitrogens with one attached hydrogen (secondary N) is 2. The Bertz CT molecular complexity index is 554. The van der Waals surface area contributed by atoms with Crippen LogP contribution in [-0.2, 0) is 0 Å². The number of benzene rings is 1. The number of aryl methyl sites for hydroxylation is 1. The summed E-state index contributed by atoms with van der Waals surface area (Å²) in [6.07, 6.45) is 1.41.